The van der Waals surface area contributed by atoms with Crippen molar-refractivity contribution in [2.45, 2.75) is 75.9 Å². The molecule has 172 valence electrons. The number of guanidine groups is 1. The van der Waals surface area contributed by atoms with E-state index >= 15 is 0 Å². The Morgan fingerprint density at radius 3 is 2.61 bits per heavy atom. The van der Waals surface area contributed by atoms with Crippen LogP contribution in [0.4, 0.5) is 0 Å². The van der Waals surface area contributed by atoms with Crippen molar-refractivity contribution >= 4 is 17.8 Å². The van der Waals surface area contributed by atoms with E-state index in [9.17, 15) is 9.59 Å². The topological polar surface area (TPSA) is 85.3 Å². The summed E-state index contributed by atoms with van der Waals surface area (Å²) >= 11 is 0. The third-order valence-electron chi connectivity index (χ3n) is 7.99. The lowest BCUT2D eigenvalue weighted by Crippen LogP contribution is -2.61. The number of carbonyl (C=O) groups is 2. The van der Waals surface area contributed by atoms with E-state index in [0.717, 1.165) is 24.8 Å². The molecule has 2 fully saturated rings. The number of fused-ring (bicyclic) bond motifs is 2. The highest BCUT2D eigenvalue weighted by Crippen LogP contribution is 2.59. The van der Waals surface area contributed by atoms with Gasteiger partial charge in [0.2, 0.25) is 5.91 Å². The van der Waals surface area contributed by atoms with Crippen molar-refractivity contribution in [1.29, 1.82) is 5.41 Å². The van der Waals surface area contributed by atoms with Crippen molar-refractivity contribution in [3.63, 3.8) is 0 Å². The number of nitrogens with one attached hydrogen (secondary N) is 3. The van der Waals surface area contributed by atoms with Crippen molar-refractivity contribution in [3.05, 3.63) is 70.8 Å². The molecule has 33 heavy (non-hydrogen) atoms. The van der Waals surface area contributed by atoms with E-state index in [2.05, 4.69) is 28.8 Å². The fourth-order valence-corrected chi connectivity index (χ4v) is 5.60. The predicted octanol–water partition coefficient (Wildman–Crippen LogP) is 4.41. The Labute approximate surface area is 195 Å². The molecule has 2 aliphatic carbocycles. The molecule has 0 unspecified atom stereocenters. The monoisotopic (exact) mass is 444 g/mol. The minimum absolute atomic E-state index is 0.0390. The van der Waals surface area contributed by atoms with Crippen LogP contribution in [0.3, 0.4) is 0 Å². The van der Waals surface area contributed by atoms with E-state index in [1.54, 1.807) is 0 Å². The molecule has 1 spiro atoms. The van der Waals surface area contributed by atoms with Gasteiger partial charge in [-0.1, -0.05) is 50.2 Å². The lowest BCUT2D eigenvalue weighted by atomic mass is 9.87. The summed E-state index contributed by atoms with van der Waals surface area (Å²) in [5.41, 5.74) is 4.01. The maximum atomic E-state index is 13.1. The maximum absolute atomic E-state index is 13.1. The van der Waals surface area contributed by atoms with Crippen LogP contribution in [-0.4, -0.2) is 28.2 Å². The highest BCUT2D eigenvalue weighted by molar-refractivity contribution is 5.99. The van der Waals surface area contributed by atoms with Crippen molar-refractivity contribution in [3.8, 4) is 0 Å². The SMILES string of the molecule is CCC1(CC)CC(=O)N(Cc2cccc(C(=O)N[C@H]3CC4(CC4)c4ccccc43)c2)C(=N)N1. The molecular formula is C27H32N4O2. The molecule has 2 amide bonds. The Balaban J connectivity index is 1.29. The van der Waals surface area contributed by atoms with Crippen LogP contribution in [-0.2, 0) is 16.8 Å². The van der Waals surface area contributed by atoms with Gasteiger partial charge in [0.15, 0.2) is 5.96 Å². The van der Waals surface area contributed by atoms with Crippen molar-refractivity contribution in [2.24, 2.45) is 0 Å². The summed E-state index contributed by atoms with van der Waals surface area (Å²) in [5.74, 6) is 0.000190. The molecule has 1 heterocycles. The number of amides is 2. The molecule has 6 nitrogen and oxygen atoms in total. The average molecular weight is 445 g/mol. The number of hydrogen-bond acceptors (Lipinski definition) is 3. The molecule has 2 aromatic carbocycles. The van der Waals surface area contributed by atoms with E-state index in [4.69, 9.17) is 5.41 Å². The van der Waals surface area contributed by atoms with Gasteiger partial charge in [-0.15, -0.1) is 0 Å². The first-order valence-electron chi connectivity index (χ1n) is 12.0. The molecule has 0 bridgehead atoms. The summed E-state index contributed by atoms with van der Waals surface area (Å²) in [7, 11) is 0. The second-order valence-corrected chi connectivity index (χ2v) is 9.92. The number of rotatable bonds is 6. The highest BCUT2D eigenvalue weighted by Gasteiger charge is 2.52. The zero-order chi connectivity index (χ0) is 23.2. The normalized spacial score (nSPS) is 22.1. The standard InChI is InChI=1S/C27H32N4O2/c1-3-27(4-2)16-23(32)31(25(28)30-27)17-18-8-7-9-19(14-18)24(33)29-22-15-26(12-13-26)21-11-6-5-10-20(21)22/h5-11,14,22H,3-4,12-13,15-17H2,1-2H3,(H2,28,30)(H,29,33)/t22-/m0/s1. The number of carbonyl (C=O) groups excluding carboxylic acids is 2. The molecule has 6 heteroatoms. The number of hydrogen-bond donors (Lipinski definition) is 3. The maximum Gasteiger partial charge on any atom is 0.251 e. The first kappa shape index (κ1) is 21.7. The predicted molar refractivity (Wildman–Crippen MR) is 128 cm³/mol. The summed E-state index contributed by atoms with van der Waals surface area (Å²) in [6, 6.07) is 15.9. The molecule has 1 atom stereocenters. The second-order valence-electron chi connectivity index (χ2n) is 9.92. The quantitative estimate of drug-likeness (QED) is 0.617. The van der Waals surface area contributed by atoms with Gasteiger partial charge in [-0.3, -0.25) is 19.9 Å². The molecule has 0 radical (unpaired) electrons. The Bertz CT molecular complexity index is 1100. The Kier molecular flexibility index (Phi) is 5.26. The highest BCUT2D eigenvalue weighted by atomic mass is 16.2. The summed E-state index contributed by atoms with van der Waals surface area (Å²) in [6.45, 7) is 4.37. The molecule has 2 aromatic rings. The molecule has 1 saturated carbocycles. The van der Waals surface area contributed by atoms with Crippen LogP contribution in [0, 0.1) is 5.41 Å². The van der Waals surface area contributed by atoms with Crippen LogP contribution in [0.1, 0.15) is 85.5 Å². The molecule has 3 aliphatic rings. The van der Waals surface area contributed by atoms with E-state index in [0.29, 0.717) is 12.0 Å². The zero-order valence-electron chi connectivity index (χ0n) is 19.4. The number of benzene rings is 2. The summed E-state index contributed by atoms with van der Waals surface area (Å²) in [5, 5.41) is 14.9. The molecule has 0 aromatic heterocycles. The van der Waals surface area contributed by atoms with Crippen LogP contribution in [0.25, 0.3) is 0 Å². The number of nitrogens with zero attached hydrogens (tertiary/aromatic N) is 1. The van der Waals surface area contributed by atoms with Gasteiger partial charge in [-0.25, -0.2) is 0 Å². The zero-order valence-corrected chi connectivity index (χ0v) is 19.4. The van der Waals surface area contributed by atoms with Crippen LogP contribution in [0.15, 0.2) is 48.5 Å². The van der Waals surface area contributed by atoms with Gasteiger partial charge in [-0.05, 0) is 66.3 Å². The van der Waals surface area contributed by atoms with Gasteiger partial charge in [0.1, 0.15) is 0 Å². The molecule has 3 N–H and O–H groups in total. The Morgan fingerprint density at radius 2 is 1.91 bits per heavy atom. The largest absolute Gasteiger partial charge is 0.350 e. The average Bonchev–Trinajstić information content (AvgIpc) is 3.54. The smallest absolute Gasteiger partial charge is 0.251 e. The van der Waals surface area contributed by atoms with E-state index in [1.807, 2.05) is 44.2 Å². The Hall–Kier alpha value is -3.15. The van der Waals surface area contributed by atoms with Gasteiger partial charge in [-0.2, -0.15) is 0 Å². The lowest BCUT2D eigenvalue weighted by Gasteiger charge is -2.42. The minimum Gasteiger partial charge on any atom is -0.350 e. The summed E-state index contributed by atoms with van der Waals surface area (Å²) < 4.78 is 0. The lowest BCUT2D eigenvalue weighted by molar-refractivity contribution is -0.131. The van der Waals surface area contributed by atoms with Crippen LogP contribution < -0.4 is 10.6 Å². The summed E-state index contributed by atoms with van der Waals surface area (Å²) in [6.07, 6.45) is 5.35. The van der Waals surface area contributed by atoms with Crippen LogP contribution in [0.2, 0.25) is 0 Å². The Morgan fingerprint density at radius 1 is 1.15 bits per heavy atom. The molecule has 1 saturated heterocycles. The van der Waals surface area contributed by atoms with Gasteiger partial charge in [0.25, 0.3) is 5.91 Å². The van der Waals surface area contributed by atoms with Crippen LogP contribution >= 0.6 is 0 Å². The van der Waals surface area contributed by atoms with Crippen molar-refractivity contribution < 1.29 is 9.59 Å². The van der Waals surface area contributed by atoms with E-state index in [1.165, 1.54) is 28.9 Å². The third kappa shape index (κ3) is 3.81. The summed E-state index contributed by atoms with van der Waals surface area (Å²) in [4.78, 5) is 27.4. The first-order chi connectivity index (χ1) is 15.9. The van der Waals surface area contributed by atoms with Gasteiger partial charge >= 0.3 is 0 Å². The first-order valence-corrected chi connectivity index (χ1v) is 12.0. The van der Waals surface area contributed by atoms with Crippen LogP contribution in [0.5, 0.6) is 0 Å². The van der Waals surface area contributed by atoms with E-state index < -0.39 is 0 Å². The minimum atomic E-state index is -0.330. The second kappa shape index (κ2) is 8.01. The van der Waals surface area contributed by atoms with Crippen molar-refractivity contribution in [2.75, 3.05) is 0 Å². The fraction of sp³-hybridized carbons (Fsp3) is 0.444. The molecule has 5 rings (SSSR count). The van der Waals surface area contributed by atoms with Gasteiger partial charge in [0.05, 0.1) is 19.0 Å². The van der Waals surface area contributed by atoms with Gasteiger partial charge < -0.3 is 10.6 Å². The fourth-order valence-electron chi connectivity index (χ4n) is 5.60. The van der Waals surface area contributed by atoms with E-state index in [-0.39, 0.29) is 41.3 Å². The third-order valence-corrected chi connectivity index (χ3v) is 7.99. The molecular weight excluding hydrogens is 412 g/mol. The molecule has 1 aliphatic heterocycles. The van der Waals surface area contributed by atoms with Crippen molar-refractivity contribution in [1.82, 2.24) is 15.5 Å². The van der Waals surface area contributed by atoms with Gasteiger partial charge in [0, 0.05) is 11.1 Å².